The van der Waals surface area contributed by atoms with Gasteiger partial charge in [-0.3, -0.25) is 0 Å². The van der Waals surface area contributed by atoms with E-state index in [9.17, 15) is 0 Å². The molecule has 1 aromatic rings. The minimum Gasteiger partial charge on any atom is -0.315 e. The van der Waals surface area contributed by atoms with Gasteiger partial charge in [0.1, 0.15) is 0 Å². The third-order valence-corrected chi connectivity index (χ3v) is 4.51. The van der Waals surface area contributed by atoms with Crippen molar-refractivity contribution >= 4 is 11.8 Å². The van der Waals surface area contributed by atoms with Gasteiger partial charge in [0.15, 0.2) is 0 Å². The van der Waals surface area contributed by atoms with E-state index >= 15 is 0 Å². The van der Waals surface area contributed by atoms with E-state index in [2.05, 4.69) is 36.2 Å². The van der Waals surface area contributed by atoms with Crippen LogP contribution >= 0.6 is 11.8 Å². The number of fused-ring (bicyclic) bond motifs is 1. The van der Waals surface area contributed by atoms with Crippen molar-refractivity contribution < 1.29 is 0 Å². The molecule has 0 saturated heterocycles. The average molecular weight is 261 g/mol. The van der Waals surface area contributed by atoms with Crippen molar-refractivity contribution in [3.8, 4) is 0 Å². The molecule has 0 bridgehead atoms. The second-order valence-electron chi connectivity index (χ2n) is 4.86. The molecule has 2 heteroatoms. The minimum absolute atomic E-state index is 0.722. The second kappa shape index (κ2) is 7.65. The van der Waals surface area contributed by atoms with E-state index in [0.717, 1.165) is 24.8 Å². The number of hydrogen-bond acceptors (Lipinski definition) is 2. The van der Waals surface area contributed by atoms with Crippen LogP contribution in [0.5, 0.6) is 0 Å². The highest BCUT2D eigenvalue weighted by molar-refractivity contribution is 7.99. The zero-order valence-corrected chi connectivity index (χ0v) is 11.8. The van der Waals surface area contributed by atoms with Crippen LogP contribution in [-0.4, -0.2) is 24.6 Å². The van der Waals surface area contributed by atoms with Gasteiger partial charge in [0.05, 0.1) is 0 Å². The van der Waals surface area contributed by atoms with Gasteiger partial charge in [-0.05, 0) is 36.3 Å². The highest BCUT2D eigenvalue weighted by atomic mass is 32.2. The van der Waals surface area contributed by atoms with Gasteiger partial charge in [0.25, 0.3) is 0 Å². The maximum Gasteiger partial charge on any atom is 0.0111 e. The molecule has 1 nitrogen and oxygen atoms in total. The SMILES string of the molecule is C=CCSCCNCC1CCCc2ccccc21. The lowest BCUT2D eigenvalue weighted by molar-refractivity contribution is 0.516. The first-order chi connectivity index (χ1) is 8.92. The van der Waals surface area contributed by atoms with Crippen molar-refractivity contribution in [3.05, 3.63) is 48.0 Å². The molecule has 1 aliphatic rings. The fraction of sp³-hybridized carbons (Fsp3) is 0.500. The summed E-state index contributed by atoms with van der Waals surface area (Å²) in [4.78, 5) is 0. The maximum atomic E-state index is 3.74. The highest BCUT2D eigenvalue weighted by Crippen LogP contribution is 2.30. The molecule has 1 aliphatic carbocycles. The van der Waals surface area contributed by atoms with Crippen molar-refractivity contribution in [2.24, 2.45) is 0 Å². The van der Waals surface area contributed by atoms with Gasteiger partial charge in [0.2, 0.25) is 0 Å². The Morgan fingerprint density at radius 3 is 3.17 bits per heavy atom. The predicted molar refractivity (Wildman–Crippen MR) is 82.5 cm³/mol. The summed E-state index contributed by atoms with van der Waals surface area (Å²) in [6.45, 7) is 5.97. The van der Waals surface area contributed by atoms with Gasteiger partial charge in [-0.1, -0.05) is 30.3 Å². The maximum absolute atomic E-state index is 3.74. The van der Waals surface area contributed by atoms with E-state index in [1.54, 1.807) is 11.1 Å². The van der Waals surface area contributed by atoms with Crippen molar-refractivity contribution in [2.75, 3.05) is 24.6 Å². The number of aryl methyl sites for hydroxylation is 1. The van der Waals surface area contributed by atoms with Gasteiger partial charge < -0.3 is 5.32 Å². The van der Waals surface area contributed by atoms with Crippen LogP contribution in [0.1, 0.15) is 29.9 Å². The van der Waals surface area contributed by atoms with Crippen LogP contribution in [0.4, 0.5) is 0 Å². The van der Waals surface area contributed by atoms with E-state index in [1.807, 2.05) is 17.8 Å². The first-order valence-corrected chi connectivity index (χ1v) is 8.04. The fourth-order valence-electron chi connectivity index (χ4n) is 2.65. The third kappa shape index (κ3) is 3.89. The van der Waals surface area contributed by atoms with Gasteiger partial charge in [-0.25, -0.2) is 0 Å². The van der Waals surface area contributed by atoms with Crippen LogP contribution in [0.2, 0.25) is 0 Å². The molecule has 0 amide bonds. The number of benzene rings is 1. The summed E-state index contributed by atoms with van der Waals surface area (Å²) in [5, 5.41) is 3.60. The lowest BCUT2D eigenvalue weighted by Crippen LogP contribution is -2.26. The van der Waals surface area contributed by atoms with Crippen LogP contribution in [0.3, 0.4) is 0 Å². The lowest BCUT2D eigenvalue weighted by atomic mass is 9.83. The molecule has 0 saturated carbocycles. The Labute approximate surface area is 115 Å². The molecule has 2 rings (SSSR count). The number of nitrogens with one attached hydrogen (secondary N) is 1. The molecule has 1 unspecified atom stereocenters. The van der Waals surface area contributed by atoms with Gasteiger partial charge in [-0.2, -0.15) is 11.8 Å². The number of thioether (sulfide) groups is 1. The van der Waals surface area contributed by atoms with Crippen LogP contribution in [0, 0.1) is 0 Å². The Hall–Kier alpha value is -0.730. The third-order valence-electron chi connectivity index (χ3n) is 3.54. The molecule has 0 fully saturated rings. The molecule has 98 valence electrons. The van der Waals surface area contributed by atoms with Gasteiger partial charge >= 0.3 is 0 Å². The van der Waals surface area contributed by atoms with E-state index < -0.39 is 0 Å². The molecule has 0 heterocycles. The molecule has 0 aromatic heterocycles. The molecule has 1 aromatic carbocycles. The quantitative estimate of drug-likeness (QED) is 0.594. The van der Waals surface area contributed by atoms with Crippen molar-refractivity contribution in [1.82, 2.24) is 5.32 Å². The lowest BCUT2D eigenvalue weighted by Gasteiger charge is -2.25. The molecule has 1 atom stereocenters. The Bertz CT molecular complexity index is 375. The summed E-state index contributed by atoms with van der Waals surface area (Å²) in [5.74, 6) is 2.97. The van der Waals surface area contributed by atoms with Crippen LogP contribution < -0.4 is 5.32 Å². The topological polar surface area (TPSA) is 12.0 Å². The van der Waals surface area contributed by atoms with Crippen molar-refractivity contribution in [2.45, 2.75) is 25.2 Å². The molecule has 0 aliphatic heterocycles. The smallest absolute Gasteiger partial charge is 0.0111 e. The number of rotatable bonds is 7. The van der Waals surface area contributed by atoms with Gasteiger partial charge in [0, 0.05) is 24.6 Å². The Morgan fingerprint density at radius 1 is 1.39 bits per heavy atom. The molecule has 0 radical (unpaired) electrons. The van der Waals surface area contributed by atoms with E-state index in [0.29, 0.717) is 0 Å². The first kappa shape index (κ1) is 13.7. The van der Waals surface area contributed by atoms with Crippen LogP contribution in [-0.2, 0) is 6.42 Å². The zero-order chi connectivity index (χ0) is 12.6. The fourth-order valence-corrected chi connectivity index (χ4v) is 3.28. The summed E-state index contributed by atoms with van der Waals surface area (Å²) in [6.07, 6.45) is 5.92. The zero-order valence-electron chi connectivity index (χ0n) is 11.0. The van der Waals surface area contributed by atoms with Crippen LogP contribution in [0.15, 0.2) is 36.9 Å². The Kier molecular flexibility index (Phi) is 5.82. The second-order valence-corrected chi connectivity index (χ2v) is 6.01. The van der Waals surface area contributed by atoms with E-state index in [1.165, 1.54) is 25.0 Å². The molecular weight excluding hydrogens is 238 g/mol. The molecule has 1 N–H and O–H groups in total. The highest BCUT2D eigenvalue weighted by Gasteiger charge is 2.18. The Morgan fingerprint density at radius 2 is 2.28 bits per heavy atom. The summed E-state index contributed by atoms with van der Waals surface area (Å²) in [7, 11) is 0. The summed E-state index contributed by atoms with van der Waals surface area (Å²) in [5.41, 5.74) is 3.14. The molecule has 0 spiro atoms. The average Bonchev–Trinajstić information content (AvgIpc) is 2.43. The predicted octanol–water partition coefficient (Wildman–Crippen LogP) is 3.62. The molecular formula is C16H23NS. The van der Waals surface area contributed by atoms with Crippen molar-refractivity contribution in [1.29, 1.82) is 0 Å². The van der Waals surface area contributed by atoms with Gasteiger partial charge in [-0.15, -0.1) is 6.58 Å². The van der Waals surface area contributed by atoms with E-state index in [-0.39, 0.29) is 0 Å². The first-order valence-electron chi connectivity index (χ1n) is 6.89. The summed E-state index contributed by atoms with van der Waals surface area (Å²) in [6, 6.07) is 8.95. The normalized spacial score (nSPS) is 18.3. The van der Waals surface area contributed by atoms with Crippen molar-refractivity contribution in [3.63, 3.8) is 0 Å². The standard InChI is InChI=1S/C16H23NS/c1-2-11-18-12-10-17-13-15-8-5-7-14-6-3-4-9-16(14)15/h2-4,6,9,15,17H,1,5,7-8,10-13H2. The monoisotopic (exact) mass is 261 g/mol. The largest absolute Gasteiger partial charge is 0.315 e. The minimum atomic E-state index is 0.722. The number of hydrogen-bond donors (Lipinski definition) is 1. The molecule has 18 heavy (non-hydrogen) atoms. The summed E-state index contributed by atoms with van der Waals surface area (Å²) >= 11 is 1.94. The summed E-state index contributed by atoms with van der Waals surface area (Å²) < 4.78 is 0. The van der Waals surface area contributed by atoms with Crippen LogP contribution in [0.25, 0.3) is 0 Å². The van der Waals surface area contributed by atoms with E-state index in [4.69, 9.17) is 0 Å². The Balaban J connectivity index is 1.75.